The Morgan fingerprint density at radius 2 is 1.86 bits per heavy atom. The molecule has 3 aromatic rings. The van der Waals surface area contributed by atoms with E-state index in [1.165, 1.54) is 18.3 Å². The maximum absolute atomic E-state index is 12.7. The lowest BCUT2D eigenvalue weighted by molar-refractivity contribution is -0.137. The molecule has 29 heavy (non-hydrogen) atoms. The number of alkyl halides is 3. The summed E-state index contributed by atoms with van der Waals surface area (Å²) in [6.45, 7) is 0. The molecule has 1 N–H and O–H groups in total. The van der Waals surface area contributed by atoms with E-state index in [4.69, 9.17) is 27.6 Å². The molecule has 1 amide bonds. The Bertz CT molecular complexity index is 1060. The molecular weight excluding hydrogens is 428 g/mol. The number of furan rings is 1. The lowest BCUT2D eigenvalue weighted by Gasteiger charge is -2.08. The first-order valence-electron chi connectivity index (χ1n) is 8.26. The van der Waals surface area contributed by atoms with E-state index < -0.39 is 17.6 Å². The Kier molecular flexibility index (Phi) is 6.30. The molecule has 2 aromatic carbocycles. The highest BCUT2D eigenvalue weighted by Crippen LogP contribution is 2.34. The molecule has 0 atom stereocenters. The SMILES string of the molecule is O=C(Cc1cccc(C(F)(F)F)c1)N/N=C\c1ccc(-c2cccc(Cl)c2Cl)o1. The largest absolute Gasteiger partial charge is 0.455 e. The molecule has 150 valence electrons. The van der Waals surface area contributed by atoms with E-state index in [0.29, 0.717) is 27.1 Å². The van der Waals surface area contributed by atoms with Crippen molar-refractivity contribution in [2.24, 2.45) is 5.10 Å². The quantitative estimate of drug-likeness (QED) is 0.392. The zero-order chi connectivity index (χ0) is 21.0. The summed E-state index contributed by atoms with van der Waals surface area (Å²) in [6.07, 6.45) is -3.44. The van der Waals surface area contributed by atoms with E-state index in [1.54, 1.807) is 30.3 Å². The van der Waals surface area contributed by atoms with Gasteiger partial charge >= 0.3 is 6.18 Å². The number of nitrogens with zero attached hydrogens (tertiary/aromatic N) is 1. The molecule has 0 aliphatic carbocycles. The Morgan fingerprint density at radius 1 is 1.10 bits per heavy atom. The summed E-state index contributed by atoms with van der Waals surface area (Å²) in [6, 6.07) is 13.0. The topological polar surface area (TPSA) is 54.6 Å². The molecule has 0 aliphatic heterocycles. The number of halogens is 5. The molecule has 0 saturated heterocycles. The van der Waals surface area contributed by atoms with Crippen LogP contribution in [0.3, 0.4) is 0 Å². The van der Waals surface area contributed by atoms with Crippen molar-refractivity contribution in [2.75, 3.05) is 0 Å². The molecule has 0 fully saturated rings. The normalized spacial score (nSPS) is 11.8. The van der Waals surface area contributed by atoms with Crippen LogP contribution in [0.15, 0.2) is 64.1 Å². The highest BCUT2D eigenvalue weighted by atomic mass is 35.5. The molecule has 3 rings (SSSR count). The molecule has 1 aromatic heterocycles. The van der Waals surface area contributed by atoms with Crippen molar-refractivity contribution < 1.29 is 22.4 Å². The van der Waals surface area contributed by atoms with E-state index in [-0.39, 0.29) is 12.0 Å². The van der Waals surface area contributed by atoms with E-state index in [2.05, 4.69) is 10.5 Å². The Balaban J connectivity index is 1.61. The number of rotatable bonds is 5. The predicted octanol–water partition coefficient (Wildman–Crippen LogP) is 5.97. The highest BCUT2D eigenvalue weighted by Gasteiger charge is 2.30. The standard InChI is InChI=1S/C20H13Cl2F3N2O2/c21-16-6-2-5-15(19(16)22)17-8-7-14(29-17)11-26-27-18(28)10-12-3-1-4-13(9-12)20(23,24)25/h1-9,11H,10H2,(H,27,28)/b26-11-. The number of hydrogen-bond acceptors (Lipinski definition) is 3. The predicted molar refractivity (Wildman–Crippen MR) is 105 cm³/mol. The fourth-order valence-electron chi connectivity index (χ4n) is 2.51. The van der Waals surface area contributed by atoms with Gasteiger partial charge in [0.2, 0.25) is 5.91 Å². The maximum Gasteiger partial charge on any atom is 0.416 e. The van der Waals surface area contributed by atoms with Crippen molar-refractivity contribution in [3.05, 3.63) is 81.5 Å². The number of hydrogen-bond donors (Lipinski definition) is 1. The van der Waals surface area contributed by atoms with Crippen molar-refractivity contribution in [3.8, 4) is 11.3 Å². The van der Waals surface area contributed by atoms with Crippen LogP contribution in [0.2, 0.25) is 10.0 Å². The molecule has 4 nitrogen and oxygen atoms in total. The zero-order valence-electron chi connectivity index (χ0n) is 14.6. The van der Waals surface area contributed by atoms with Crippen molar-refractivity contribution in [1.82, 2.24) is 5.43 Å². The van der Waals surface area contributed by atoms with Gasteiger partial charge in [-0.15, -0.1) is 0 Å². The third kappa shape index (κ3) is 5.40. The van der Waals surface area contributed by atoms with Crippen LogP contribution in [0.4, 0.5) is 13.2 Å². The van der Waals surface area contributed by atoms with Gasteiger partial charge in [0.1, 0.15) is 11.5 Å². The van der Waals surface area contributed by atoms with Gasteiger partial charge in [0.05, 0.1) is 28.2 Å². The molecule has 0 bridgehead atoms. The molecule has 0 saturated carbocycles. The summed E-state index contributed by atoms with van der Waals surface area (Å²) in [5.74, 6) is 0.245. The molecule has 0 unspecified atom stereocenters. The third-order valence-electron chi connectivity index (χ3n) is 3.84. The minimum Gasteiger partial charge on any atom is -0.455 e. The van der Waals surface area contributed by atoms with Crippen LogP contribution in [-0.2, 0) is 17.4 Å². The summed E-state index contributed by atoms with van der Waals surface area (Å²) >= 11 is 12.1. The first-order chi connectivity index (χ1) is 13.7. The van der Waals surface area contributed by atoms with Gasteiger partial charge in [0.15, 0.2) is 0 Å². The maximum atomic E-state index is 12.7. The second-order valence-electron chi connectivity index (χ2n) is 5.97. The number of benzene rings is 2. The number of carbonyl (C=O) groups excluding carboxylic acids is 1. The molecule has 1 heterocycles. The zero-order valence-corrected chi connectivity index (χ0v) is 16.1. The van der Waals surface area contributed by atoms with Crippen molar-refractivity contribution in [2.45, 2.75) is 12.6 Å². The lowest BCUT2D eigenvalue weighted by Crippen LogP contribution is -2.20. The van der Waals surface area contributed by atoms with Gasteiger partial charge in [-0.2, -0.15) is 18.3 Å². The number of hydrazone groups is 1. The van der Waals surface area contributed by atoms with Gasteiger partial charge in [-0.25, -0.2) is 5.43 Å². The first kappa shape index (κ1) is 21.0. The van der Waals surface area contributed by atoms with Crippen LogP contribution in [0, 0.1) is 0 Å². The average molecular weight is 441 g/mol. The van der Waals surface area contributed by atoms with E-state index in [0.717, 1.165) is 12.1 Å². The number of nitrogens with one attached hydrogen (secondary N) is 1. The van der Waals surface area contributed by atoms with Crippen LogP contribution in [0.5, 0.6) is 0 Å². The molecule has 0 aliphatic rings. The molecule has 0 spiro atoms. The van der Waals surface area contributed by atoms with Crippen LogP contribution in [0.25, 0.3) is 11.3 Å². The van der Waals surface area contributed by atoms with Crippen molar-refractivity contribution >= 4 is 35.3 Å². The summed E-state index contributed by atoms with van der Waals surface area (Å²) in [5.41, 5.74) is 2.27. The van der Waals surface area contributed by atoms with Crippen molar-refractivity contribution in [3.63, 3.8) is 0 Å². The van der Waals surface area contributed by atoms with Gasteiger partial charge < -0.3 is 4.42 Å². The Hall–Kier alpha value is -2.77. The van der Waals surface area contributed by atoms with Gasteiger partial charge in [-0.1, -0.05) is 47.5 Å². The van der Waals surface area contributed by atoms with Crippen LogP contribution in [-0.4, -0.2) is 12.1 Å². The summed E-state index contributed by atoms with van der Waals surface area (Å²) in [7, 11) is 0. The van der Waals surface area contributed by atoms with E-state index in [1.807, 2.05) is 0 Å². The third-order valence-corrected chi connectivity index (χ3v) is 4.66. The molecular formula is C20H13Cl2F3N2O2. The fourth-order valence-corrected chi connectivity index (χ4v) is 2.91. The molecule has 9 heteroatoms. The van der Waals surface area contributed by atoms with Gasteiger partial charge in [-0.05, 0) is 35.9 Å². The van der Waals surface area contributed by atoms with Crippen LogP contribution in [0.1, 0.15) is 16.9 Å². The molecule has 0 radical (unpaired) electrons. The van der Waals surface area contributed by atoms with Gasteiger partial charge in [0, 0.05) is 5.56 Å². The smallest absolute Gasteiger partial charge is 0.416 e. The summed E-state index contributed by atoms with van der Waals surface area (Å²) in [5, 5.41) is 4.49. The average Bonchev–Trinajstić information content (AvgIpc) is 3.12. The second-order valence-corrected chi connectivity index (χ2v) is 6.76. The Morgan fingerprint density at radius 3 is 2.62 bits per heavy atom. The number of carbonyl (C=O) groups is 1. The van der Waals surface area contributed by atoms with E-state index in [9.17, 15) is 18.0 Å². The Labute approximate surface area is 173 Å². The summed E-state index contributed by atoms with van der Waals surface area (Å²) < 4.78 is 43.7. The van der Waals surface area contributed by atoms with Crippen molar-refractivity contribution in [1.29, 1.82) is 0 Å². The number of amides is 1. The minimum atomic E-state index is -4.46. The van der Waals surface area contributed by atoms with Gasteiger partial charge in [-0.3, -0.25) is 4.79 Å². The fraction of sp³-hybridized carbons (Fsp3) is 0.100. The monoisotopic (exact) mass is 440 g/mol. The van der Waals surface area contributed by atoms with Gasteiger partial charge in [0.25, 0.3) is 0 Å². The van der Waals surface area contributed by atoms with Crippen LogP contribution >= 0.6 is 23.2 Å². The van der Waals surface area contributed by atoms with E-state index >= 15 is 0 Å². The highest BCUT2D eigenvalue weighted by molar-refractivity contribution is 6.43. The summed E-state index contributed by atoms with van der Waals surface area (Å²) in [4.78, 5) is 11.9. The second kappa shape index (κ2) is 8.71. The van der Waals surface area contributed by atoms with Crippen LogP contribution < -0.4 is 5.43 Å². The minimum absolute atomic E-state index is 0.225. The lowest BCUT2D eigenvalue weighted by atomic mass is 10.1. The first-order valence-corrected chi connectivity index (χ1v) is 9.02.